The Morgan fingerprint density at radius 2 is 2.35 bits per heavy atom. The Morgan fingerprint density at radius 1 is 1.59 bits per heavy atom. The van der Waals surface area contributed by atoms with Gasteiger partial charge in [-0.05, 0) is 6.92 Å². The Balaban J connectivity index is 2.27. The number of carbonyl (C=O) groups excluding carboxylic acids is 1. The lowest BCUT2D eigenvalue weighted by Gasteiger charge is -2.13. The van der Waals surface area contributed by atoms with Gasteiger partial charge in [0.2, 0.25) is 5.91 Å². The predicted octanol–water partition coefficient (Wildman–Crippen LogP) is 0.844. The molecule has 2 rings (SSSR count). The fourth-order valence-corrected chi connectivity index (χ4v) is 2.20. The van der Waals surface area contributed by atoms with E-state index in [1.54, 1.807) is 4.90 Å². The van der Waals surface area contributed by atoms with E-state index in [1.807, 2.05) is 6.92 Å². The number of rotatable bonds is 3. The molecule has 0 aromatic carbocycles. The van der Waals surface area contributed by atoms with Crippen LogP contribution in [0.3, 0.4) is 0 Å². The second-order valence-corrected chi connectivity index (χ2v) is 4.35. The molecular formula is C11H14ClN3O2. The van der Waals surface area contributed by atoms with Crippen molar-refractivity contribution in [3.8, 4) is 0 Å². The maximum absolute atomic E-state index is 11.6. The zero-order valence-electron chi connectivity index (χ0n) is 9.57. The molecule has 0 spiro atoms. The van der Waals surface area contributed by atoms with Gasteiger partial charge in [-0.25, -0.2) is 4.98 Å². The summed E-state index contributed by atoms with van der Waals surface area (Å²) in [6, 6.07) is 1.45. The van der Waals surface area contributed by atoms with Gasteiger partial charge < -0.3 is 9.88 Å². The average molecular weight is 256 g/mol. The summed E-state index contributed by atoms with van der Waals surface area (Å²) in [5, 5.41) is 0. The molecule has 1 aromatic rings. The molecule has 5 nitrogen and oxygen atoms in total. The Labute approximate surface area is 104 Å². The fourth-order valence-electron chi connectivity index (χ4n) is 2.08. The van der Waals surface area contributed by atoms with Gasteiger partial charge >= 0.3 is 0 Å². The smallest absolute Gasteiger partial charge is 0.251 e. The summed E-state index contributed by atoms with van der Waals surface area (Å²) in [4.78, 5) is 31.6. The zero-order valence-corrected chi connectivity index (χ0v) is 10.3. The van der Waals surface area contributed by atoms with E-state index < -0.39 is 0 Å². The number of likely N-dealkylation sites (N-methyl/N-ethyl adjacent to an activating group) is 1. The molecule has 0 bridgehead atoms. The molecule has 6 heteroatoms. The number of aromatic nitrogens is 2. The summed E-state index contributed by atoms with van der Waals surface area (Å²) in [7, 11) is 0. The molecule has 1 aliphatic rings. The third-order valence-corrected chi connectivity index (χ3v) is 3.20. The highest BCUT2D eigenvalue weighted by Crippen LogP contribution is 2.25. The molecular weight excluding hydrogens is 242 g/mol. The van der Waals surface area contributed by atoms with Crippen LogP contribution in [-0.2, 0) is 10.7 Å². The van der Waals surface area contributed by atoms with Crippen molar-refractivity contribution in [3.63, 3.8) is 0 Å². The number of nitrogens with one attached hydrogen (secondary N) is 1. The highest BCUT2D eigenvalue weighted by molar-refractivity contribution is 6.16. The number of hydrogen-bond donors (Lipinski definition) is 1. The van der Waals surface area contributed by atoms with Gasteiger partial charge in [-0.2, -0.15) is 0 Å². The first-order valence-electron chi connectivity index (χ1n) is 5.58. The molecule has 2 heterocycles. The summed E-state index contributed by atoms with van der Waals surface area (Å²) in [5.74, 6) is 0.747. The van der Waals surface area contributed by atoms with Gasteiger partial charge in [0.25, 0.3) is 5.56 Å². The Hall–Kier alpha value is -1.36. The summed E-state index contributed by atoms with van der Waals surface area (Å²) >= 11 is 5.65. The van der Waals surface area contributed by atoms with Crippen LogP contribution in [0.25, 0.3) is 0 Å². The third kappa shape index (κ3) is 2.49. The SMILES string of the molecule is CCN1C[C@H](c2cc(=O)[nH]c(CCl)n2)CC1=O. The van der Waals surface area contributed by atoms with Crippen molar-refractivity contribution in [3.05, 3.63) is 27.9 Å². The zero-order chi connectivity index (χ0) is 12.4. The molecule has 1 atom stereocenters. The second-order valence-electron chi connectivity index (χ2n) is 4.08. The lowest BCUT2D eigenvalue weighted by molar-refractivity contribution is -0.127. The van der Waals surface area contributed by atoms with Gasteiger partial charge in [0.1, 0.15) is 5.82 Å². The van der Waals surface area contributed by atoms with Crippen LogP contribution in [0.15, 0.2) is 10.9 Å². The van der Waals surface area contributed by atoms with Gasteiger partial charge in [0.15, 0.2) is 0 Å². The average Bonchev–Trinajstić information content (AvgIpc) is 2.69. The van der Waals surface area contributed by atoms with Gasteiger partial charge in [0.05, 0.1) is 11.6 Å². The van der Waals surface area contributed by atoms with E-state index >= 15 is 0 Å². The number of likely N-dealkylation sites (tertiary alicyclic amines) is 1. The van der Waals surface area contributed by atoms with Crippen molar-refractivity contribution in [1.82, 2.24) is 14.9 Å². The normalized spacial score (nSPS) is 20.0. The first-order chi connectivity index (χ1) is 8.13. The molecule has 92 valence electrons. The highest BCUT2D eigenvalue weighted by atomic mass is 35.5. The number of alkyl halides is 1. The summed E-state index contributed by atoms with van der Waals surface area (Å²) < 4.78 is 0. The van der Waals surface area contributed by atoms with E-state index in [2.05, 4.69) is 9.97 Å². The van der Waals surface area contributed by atoms with Crippen molar-refractivity contribution in [2.24, 2.45) is 0 Å². The first kappa shape index (κ1) is 12.1. The van der Waals surface area contributed by atoms with Crippen molar-refractivity contribution >= 4 is 17.5 Å². The summed E-state index contributed by atoms with van der Waals surface area (Å²) in [5.41, 5.74) is 0.446. The molecule has 0 aliphatic carbocycles. The van der Waals surface area contributed by atoms with Crippen LogP contribution in [0.2, 0.25) is 0 Å². The number of H-pyrrole nitrogens is 1. The number of halogens is 1. The van der Waals surface area contributed by atoms with E-state index in [-0.39, 0.29) is 23.3 Å². The minimum absolute atomic E-state index is 0.00622. The molecule has 0 unspecified atom stereocenters. The van der Waals surface area contributed by atoms with Crippen LogP contribution in [0.4, 0.5) is 0 Å². The molecule has 17 heavy (non-hydrogen) atoms. The topological polar surface area (TPSA) is 66.1 Å². The van der Waals surface area contributed by atoms with Crippen LogP contribution in [0.5, 0.6) is 0 Å². The highest BCUT2D eigenvalue weighted by Gasteiger charge is 2.30. The number of nitrogens with zero attached hydrogens (tertiary/aromatic N) is 2. The maximum atomic E-state index is 11.6. The summed E-state index contributed by atoms with van der Waals surface area (Å²) in [6.07, 6.45) is 0.423. The second kappa shape index (κ2) is 4.87. The molecule has 1 saturated heterocycles. The van der Waals surface area contributed by atoms with Crippen molar-refractivity contribution in [2.75, 3.05) is 13.1 Å². The lowest BCUT2D eigenvalue weighted by atomic mass is 10.0. The van der Waals surface area contributed by atoms with Crippen molar-refractivity contribution in [1.29, 1.82) is 0 Å². The largest absolute Gasteiger partial charge is 0.342 e. The minimum Gasteiger partial charge on any atom is -0.342 e. The molecule has 1 aromatic heterocycles. The number of aromatic amines is 1. The van der Waals surface area contributed by atoms with E-state index in [0.717, 1.165) is 0 Å². The summed E-state index contributed by atoms with van der Waals surface area (Å²) in [6.45, 7) is 3.27. The van der Waals surface area contributed by atoms with Crippen LogP contribution in [-0.4, -0.2) is 33.9 Å². The molecule has 1 aliphatic heterocycles. The first-order valence-corrected chi connectivity index (χ1v) is 6.11. The number of amides is 1. The lowest BCUT2D eigenvalue weighted by Crippen LogP contribution is -2.24. The van der Waals surface area contributed by atoms with E-state index in [0.29, 0.717) is 31.0 Å². The van der Waals surface area contributed by atoms with Gasteiger partial charge in [-0.1, -0.05) is 0 Å². The standard InChI is InChI=1S/C11H14ClN3O2/c1-2-15-6-7(3-11(15)17)8-4-10(16)14-9(5-12)13-8/h4,7H,2-3,5-6H2,1H3,(H,13,14,16)/t7-/m1/s1. The van der Waals surface area contributed by atoms with Crippen molar-refractivity contribution < 1.29 is 4.79 Å². The maximum Gasteiger partial charge on any atom is 0.251 e. The van der Waals surface area contributed by atoms with Crippen LogP contribution in [0, 0.1) is 0 Å². The van der Waals surface area contributed by atoms with Crippen LogP contribution in [0.1, 0.15) is 30.8 Å². The van der Waals surface area contributed by atoms with Crippen molar-refractivity contribution in [2.45, 2.75) is 25.1 Å². The Kier molecular flexibility index (Phi) is 3.47. The number of carbonyl (C=O) groups is 1. The van der Waals surface area contributed by atoms with Gasteiger partial charge in [0, 0.05) is 31.5 Å². The van der Waals surface area contributed by atoms with Crippen LogP contribution >= 0.6 is 11.6 Å². The fraction of sp³-hybridized carbons (Fsp3) is 0.545. The minimum atomic E-state index is -0.215. The monoisotopic (exact) mass is 255 g/mol. The van der Waals surface area contributed by atoms with Crippen LogP contribution < -0.4 is 5.56 Å². The van der Waals surface area contributed by atoms with Gasteiger partial charge in [-0.3, -0.25) is 9.59 Å². The molecule has 1 N–H and O–H groups in total. The molecule has 0 saturated carbocycles. The quantitative estimate of drug-likeness (QED) is 0.814. The van der Waals surface area contributed by atoms with Gasteiger partial charge in [-0.15, -0.1) is 11.6 Å². The molecule has 1 fully saturated rings. The Bertz CT molecular complexity index is 486. The molecule has 1 amide bonds. The molecule has 0 radical (unpaired) electrons. The Morgan fingerprint density at radius 3 is 2.94 bits per heavy atom. The predicted molar refractivity (Wildman–Crippen MR) is 64.0 cm³/mol. The van der Waals surface area contributed by atoms with E-state index in [4.69, 9.17) is 11.6 Å². The van der Waals surface area contributed by atoms with E-state index in [1.165, 1.54) is 6.07 Å². The number of hydrogen-bond acceptors (Lipinski definition) is 3. The van der Waals surface area contributed by atoms with E-state index in [9.17, 15) is 9.59 Å². The third-order valence-electron chi connectivity index (χ3n) is 2.95.